The third-order valence-corrected chi connectivity index (χ3v) is 4.62. The number of nitrogens with one attached hydrogen (secondary N) is 1. The van der Waals surface area contributed by atoms with Gasteiger partial charge in [0.25, 0.3) is 0 Å². The Labute approximate surface area is 123 Å². The Morgan fingerprint density at radius 3 is 2.71 bits per heavy atom. The van der Waals surface area contributed by atoms with Gasteiger partial charge in [-0.3, -0.25) is 0 Å². The third-order valence-electron chi connectivity index (χ3n) is 4.62. The first-order valence-electron chi connectivity index (χ1n) is 7.59. The maximum absolute atomic E-state index is 5.62. The average molecular weight is 285 g/mol. The van der Waals surface area contributed by atoms with Crippen molar-refractivity contribution in [2.75, 3.05) is 19.8 Å². The van der Waals surface area contributed by atoms with Gasteiger partial charge in [0, 0.05) is 6.54 Å². The molecule has 4 rings (SSSR count). The number of benzene rings is 1. The van der Waals surface area contributed by atoms with Crippen molar-refractivity contribution >= 4 is 0 Å². The van der Waals surface area contributed by atoms with Crippen molar-refractivity contribution in [2.24, 2.45) is 0 Å². The van der Waals surface area contributed by atoms with Gasteiger partial charge in [-0.25, -0.2) is 0 Å². The van der Waals surface area contributed by atoms with E-state index in [4.69, 9.17) is 9.26 Å². The average Bonchev–Trinajstić information content (AvgIpc) is 2.98. The van der Waals surface area contributed by atoms with Crippen molar-refractivity contribution in [3.8, 4) is 0 Å². The maximum Gasteiger partial charge on any atom is 0.237 e. The van der Waals surface area contributed by atoms with Crippen LogP contribution in [0, 0.1) is 0 Å². The van der Waals surface area contributed by atoms with Gasteiger partial charge in [-0.2, -0.15) is 4.98 Å². The highest BCUT2D eigenvalue weighted by molar-refractivity contribution is 5.34. The van der Waals surface area contributed by atoms with Crippen LogP contribution in [-0.4, -0.2) is 29.9 Å². The summed E-state index contributed by atoms with van der Waals surface area (Å²) >= 11 is 0. The molecule has 2 aliphatic rings. The normalized spacial score (nSPS) is 24.5. The van der Waals surface area contributed by atoms with Crippen molar-refractivity contribution in [1.82, 2.24) is 15.5 Å². The molecule has 1 saturated carbocycles. The molecule has 1 aliphatic carbocycles. The zero-order chi connectivity index (χ0) is 14.1. The molecule has 1 atom stereocenters. The second-order valence-corrected chi connectivity index (χ2v) is 5.84. The van der Waals surface area contributed by atoms with Gasteiger partial charge < -0.3 is 14.6 Å². The summed E-state index contributed by atoms with van der Waals surface area (Å²) in [6, 6.07) is 10.5. The monoisotopic (exact) mass is 285 g/mol. The van der Waals surface area contributed by atoms with Crippen LogP contribution in [0.25, 0.3) is 0 Å². The Hall–Kier alpha value is -1.72. The molecule has 5 nitrogen and oxygen atoms in total. The molecular weight excluding hydrogens is 266 g/mol. The lowest BCUT2D eigenvalue weighted by Crippen LogP contribution is -2.37. The SMILES string of the molecule is c1ccc(C2(c3nc([C@H]4COCCN4)no3)CCC2)cc1. The molecule has 1 aromatic heterocycles. The van der Waals surface area contributed by atoms with E-state index < -0.39 is 0 Å². The molecule has 1 saturated heterocycles. The Bertz CT molecular complexity index is 601. The Balaban J connectivity index is 1.64. The van der Waals surface area contributed by atoms with Gasteiger partial charge in [-0.1, -0.05) is 41.9 Å². The van der Waals surface area contributed by atoms with Crippen LogP contribution < -0.4 is 5.32 Å². The summed E-state index contributed by atoms with van der Waals surface area (Å²) in [5.74, 6) is 1.47. The number of ether oxygens (including phenoxy) is 1. The molecule has 2 aromatic rings. The van der Waals surface area contributed by atoms with Gasteiger partial charge in [-0.15, -0.1) is 0 Å². The fourth-order valence-corrected chi connectivity index (χ4v) is 3.22. The smallest absolute Gasteiger partial charge is 0.237 e. The summed E-state index contributed by atoms with van der Waals surface area (Å²) in [6.45, 7) is 2.19. The van der Waals surface area contributed by atoms with Crippen LogP contribution in [0.5, 0.6) is 0 Å². The summed E-state index contributed by atoms with van der Waals surface area (Å²) in [5.41, 5.74) is 1.20. The summed E-state index contributed by atoms with van der Waals surface area (Å²) in [4.78, 5) is 4.68. The molecule has 0 spiro atoms. The fraction of sp³-hybridized carbons (Fsp3) is 0.500. The molecule has 5 heteroatoms. The van der Waals surface area contributed by atoms with E-state index in [9.17, 15) is 0 Å². The van der Waals surface area contributed by atoms with E-state index in [1.165, 1.54) is 12.0 Å². The van der Waals surface area contributed by atoms with Crippen molar-refractivity contribution in [2.45, 2.75) is 30.7 Å². The molecule has 0 unspecified atom stereocenters. The van der Waals surface area contributed by atoms with Gasteiger partial charge in [0.05, 0.1) is 24.7 Å². The van der Waals surface area contributed by atoms with E-state index in [0.29, 0.717) is 12.4 Å². The van der Waals surface area contributed by atoms with Crippen molar-refractivity contribution in [1.29, 1.82) is 0 Å². The van der Waals surface area contributed by atoms with E-state index in [1.807, 2.05) is 6.07 Å². The van der Waals surface area contributed by atoms with Gasteiger partial charge in [0.1, 0.15) is 0 Å². The van der Waals surface area contributed by atoms with Crippen LogP contribution in [0.4, 0.5) is 0 Å². The Morgan fingerprint density at radius 2 is 2.05 bits per heavy atom. The second-order valence-electron chi connectivity index (χ2n) is 5.84. The zero-order valence-electron chi connectivity index (χ0n) is 11.9. The zero-order valence-corrected chi connectivity index (χ0v) is 11.9. The Kier molecular flexibility index (Phi) is 3.24. The summed E-state index contributed by atoms with van der Waals surface area (Å²) in [6.07, 6.45) is 3.36. The molecule has 0 radical (unpaired) electrons. The minimum Gasteiger partial charge on any atom is -0.378 e. The lowest BCUT2D eigenvalue weighted by Gasteiger charge is -2.38. The minimum atomic E-state index is -0.0813. The van der Waals surface area contributed by atoms with Crippen LogP contribution in [0.15, 0.2) is 34.9 Å². The number of rotatable bonds is 3. The predicted molar refractivity (Wildman–Crippen MR) is 76.9 cm³/mol. The largest absolute Gasteiger partial charge is 0.378 e. The molecular formula is C16H19N3O2. The van der Waals surface area contributed by atoms with Crippen molar-refractivity contribution in [3.63, 3.8) is 0 Å². The molecule has 2 fully saturated rings. The summed E-state index contributed by atoms with van der Waals surface area (Å²) in [7, 11) is 0. The summed E-state index contributed by atoms with van der Waals surface area (Å²) in [5, 5.41) is 7.55. The van der Waals surface area contributed by atoms with Gasteiger partial charge in [0.2, 0.25) is 5.89 Å². The molecule has 1 aliphatic heterocycles. The first-order chi connectivity index (χ1) is 10.4. The van der Waals surface area contributed by atoms with Crippen molar-refractivity contribution < 1.29 is 9.26 Å². The minimum absolute atomic E-state index is 0.0455. The van der Waals surface area contributed by atoms with Crippen LogP contribution >= 0.6 is 0 Å². The highest BCUT2D eigenvalue weighted by Crippen LogP contribution is 2.48. The number of hydrogen-bond donors (Lipinski definition) is 1. The van der Waals surface area contributed by atoms with E-state index >= 15 is 0 Å². The van der Waals surface area contributed by atoms with E-state index in [0.717, 1.165) is 31.9 Å². The molecule has 1 N–H and O–H groups in total. The Morgan fingerprint density at radius 1 is 1.19 bits per heavy atom. The molecule has 21 heavy (non-hydrogen) atoms. The number of hydrogen-bond acceptors (Lipinski definition) is 5. The van der Waals surface area contributed by atoms with Gasteiger partial charge in [-0.05, 0) is 18.4 Å². The van der Waals surface area contributed by atoms with Gasteiger partial charge in [0.15, 0.2) is 5.82 Å². The first-order valence-corrected chi connectivity index (χ1v) is 7.59. The van der Waals surface area contributed by atoms with Crippen molar-refractivity contribution in [3.05, 3.63) is 47.6 Å². The fourth-order valence-electron chi connectivity index (χ4n) is 3.22. The topological polar surface area (TPSA) is 60.2 Å². The standard InChI is InChI=1S/C16H19N3O2/c1-2-5-12(6-3-1)16(7-4-8-16)15-18-14(19-21-15)13-11-20-10-9-17-13/h1-3,5-6,13,17H,4,7-11H2/t13-/m1/s1. The van der Waals surface area contributed by atoms with E-state index in [2.05, 4.69) is 39.7 Å². The number of morpholine rings is 1. The molecule has 1 aromatic carbocycles. The molecule has 2 heterocycles. The maximum atomic E-state index is 5.62. The van der Waals surface area contributed by atoms with Gasteiger partial charge >= 0.3 is 0 Å². The quantitative estimate of drug-likeness (QED) is 0.937. The molecule has 110 valence electrons. The highest BCUT2D eigenvalue weighted by atomic mass is 16.5. The number of aromatic nitrogens is 2. The lowest BCUT2D eigenvalue weighted by atomic mass is 9.64. The molecule has 0 bridgehead atoms. The van der Waals surface area contributed by atoms with E-state index in [1.54, 1.807) is 0 Å². The van der Waals surface area contributed by atoms with E-state index in [-0.39, 0.29) is 11.5 Å². The first kappa shape index (κ1) is 13.0. The molecule has 0 amide bonds. The van der Waals surface area contributed by atoms with Crippen LogP contribution in [0.1, 0.15) is 42.6 Å². The highest BCUT2D eigenvalue weighted by Gasteiger charge is 2.45. The third kappa shape index (κ3) is 2.17. The van der Waals surface area contributed by atoms with Crippen LogP contribution in [0.2, 0.25) is 0 Å². The van der Waals surface area contributed by atoms with Crippen LogP contribution in [-0.2, 0) is 10.2 Å². The number of nitrogens with zero attached hydrogens (tertiary/aromatic N) is 2. The second kappa shape index (κ2) is 5.24. The summed E-state index contributed by atoms with van der Waals surface area (Å²) < 4.78 is 11.1. The lowest BCUT2D eigenvalue weighted by molar-refractivity contribution is 0.0734. The van der Waals surface area contributed by atoms with Crippen LogP contribution in [0.3, 0.4) is 0 Å². The predicted octanol–water partition coefficient (Wildman–Crippen LogP) is 2.20.